The predicted octanol–water partition coefficient (Wildman–Crippen LogP) is 5.20. The van der Waals surface area contributed by atoms with Crippen LogP contribution in [0, 0.1) is 17.3 Å². The fraction of sp³-hybridized carbons (Fsp3) is 0.750. The highest BCUT2D eigenvalue weighted by molar-refractivity contribution is 5.83. The number of hydrogen-bond donors (Lipinski definition) is 0. The molecule has 4 aliphatic heterocycles. The minimum absolute atomic E-state index is 0.00793. The molecule has 5 aliphatic rings. The molecule has 1 spiro atoms. The molecule has 1 aliphatic carbocycles. The Bertz CT molecular complexity index is 1020. The first-order chi connectivity index (χ1) is 18.2. The van der Waals surface area contributed by atoms with Crippen molar-refractivity contribution < 1.29 is 9.59 Å². The third-order valence-corrected chi connectivity index (χ3v) is 10.8. The number of piperidine rings is 1. The summed E-state index contributed by atoms with van der Waals surface area (Å²) in [4.78, 5) is 36.1. The molecule has 0 radical (unpaired) electrons. The molecule has 4 saturated heterocycles. The molecule has 2 bridgehead atoms. The second-order valence-electron chi connectivity index (χ2n) is 14.1. The van der Waals surface area contributed by atoms with Gasteiger partial charge in [-0.25, -0.2) is 4.79 Å². The zero-order valence-electron chi connectivity index (χ0n) is 24.1. The number of rotatable bonds is 6. The van der Waals surface area contributed by atoms with Gasteiger partial charge in [0.2, 0.25) is 5.91 Å². The maximum absolute atomic E-state index is 13.8. The van der Waals surface area contributed by atoms with E-state index in [0.29, 0.717) is 35.7 Å². The van der Waals surface area contributed by atoms with Crippen LogP contribution in [0.5, 0.6) is 0 Å². The summed E-state index contributed by atoms with van der Waals surface area (Å²) in [7, 11) is 1.98. The SMILES string of the molecule is CC(C)CN1C(=O)N(C)CC12CC1CCC(C2)N1C[C@H]1CN(C(=O)C2(C)CCCC2)C[C@@H]1c1ccccc1. The lowest BCUT2D eigenvalue weighted by Crippen LogP contribution is -2.59. The molecule has 1 aromatic carbocycles. The van der Waals surface area contributed by atoms with Gasteiger partial charge in [0, 0.05) is 63.2 Å². The van der Waals surface area contributed by atoms with Gasteiger partial charge in [0.15, 0.2) is 0 Å². The molecule has 208 valence electrons. The summed E-state index contributed by atoms with van der Waals surface area (Å²) in [5, 5.41) is 0. The third-order valence-electron chi connectivity index (χ3n) is 10.8. The van der Waals surface area contributed by atoms with Crippen LogP contribution in [0.3, 0.4) is 0 Å². The maximum atomic E-state index is 13.8. The van der Waals surface area contributed by atoms with Crippen LogP contribution in [-0.2, 0) is 4.79 Å². The van der Waals surface area contributed by atoms with Crippen LogP contribution in [0.15, 0.2) is 30.3 Å². The molecule has 4 heterocycles. The molecule has 4 atom stereocenters. The first-order valence-electron chi connectivity index (χ1n) is 15.3. The summed E-state index contributed by atoms with van der Waals surface area (Å²) < 4.78 is 0. The largest absolute Gasteiger partial charge is 0.341 e. The van der Waals surface area contributed by atoms with Gasteiger partial charge >= 0.3 is 6.03 Å². The van der Waals surface area contributed by atoms with Crippen LogP contribution < -0.4 is 0 Å². The molecule has 1 aromatic rings. The van der Waals surface area contributed by atoms with Crippen molar-refractivity contribution in [2.24, 2.45) is 17.3 Å². The standard InChI is InChI=1S/C32H48N4O2/c1-23(2)18-36-30(38)33(4)22-32(36)16-26-12-13-27(17-32)35(26)20-25-19-34(29(37)31(3)14-8-9-15-31)21-28(25)24-10-6-5-7-11-24/h5-7,10-11,23,25-28H,8-9,12-22H2,1-4H3/t25-,26?,27?,28-,32?/m1/s1. The number of hydrogen-bond acceptors (Lipinski definition) is 3. The van der Waals surface area contributed by atoms with Crippen LogP contribution in [0.1, 0.15) is 83.6 Å². The van der Waals surface area contributed by atoms with Gasteiger partial charge in [-0.1, -0.05) is 63.9 Å². The molecule has 0 N–H and O–H groups in total. The molecule has 1 saturated carbocycles. The van der Waals surface area contributed by atoms with E-state index in [2.05, 4.69) is 65.8 Å². The summed E-state index contributed by atoms with van der Waals surface area (Å²) in [5.41, 5.74) is 1.22. The van der Waals surface area contributed by atoms with Gasteiger partial charge < -0.3 is 14.7 Å². The van der Waals surface area contributed by atoms with Crippen LogP contribution >= 0.6 is 0 Å². The zero-order valence-corrected chi connectivity index (χ0v) is 24.1. The first-order valence-corrected chi connectivity index (χ1v) is 15.3. The van der Waals surface area contributed by atoms with E-state index in [9.17, 15) is 9.59 Å². The van der Waals surface area contributed by atoms with Crippen molar-refractivity contribution in [3.63, 3.8) is 0 Å². The van der Waals surface area contributed by atoms with Crippen molar-refractivity contribution in [2.75, 3.05) is 39.8 Å². The minimum atomic E-state index is -0.159. The normalized spacial score (nSPS) is 34.9. The van der Waals surface area contributed by atoms with Gasteiger partial charge in [-0.3, -0.25) is 9.69 Å². The molecule has 0 aromatic heterocycles. The Labute approximate surface area is 229 Å². The van der Waals surface area contributed by atoms with Crippen molar-refractivity contribution in [2.45, 2.75) is 95.7 Å². The predicted molar refractivity (Wildman–Crippen MR) is 151 cm³/mol. The summed E-state index contributed by atoms with van der Waals surface area (Å²) in [6.45, 7) is 11.2. The van der Waals surface area contributed by atoms with E-state index in [1.807, 2.05) is 11.9 Å². The molecule has 3 amide bonds. The molecular formula is C32H48N4O2. The molecule has 6 nitrogen and oxygen atoms in total. The van der Waals surface area contributed by atoms with Crippen LogP contribution in [0.4, 0.5) is 4.79 Å². The van der Waals surface area contributed by atoms with Crippen LogP contribution in [-0.4, -0.2) is 88.9 Å². The topological polar surface area (TPSA) is 47.1 Å². The number of carbonyl (C=O) groups excluding carboxylic acids is 2. The maximum Gasteiger partial charge on any atom is 0.320 e. The van der Waals surface area contributed by atoms with E-state index >= 15 is 0 Å². The Hall–Kier alpha value is -2.08. The van der Waals surface area contributed by atoms with Crippen molar-refractivity contribution in [1.82, 2.24) is 19.6 Å². The van der Waals surface area contributed by atoms with E-state index < -0.39 is 0 Å². The van der Waals surface area contributed by atoms with Crippen LogP contribution in [0.2, 0.25) is 0 Å². The fourth-order valence-corrected chi connectivity index (χ4v) is 9.02. The number of fused-ring (bicyclic) bond motifs is 2. The van der Waals surface area contributed by atoms with Gasteiger partial charge in [-0.2, -0.15) is 0 Å². The third kappa shape index (κ3) is 4.45. The van der Waals surface area contributed by atoms with Gasteiger partial charge in [0.1, 0.15) is 0 Å². The summed E-state index contributed by atoms with van der Waals surface area (Å²) in [5.74, 6) is 1.74. The first kappa shape index (κ1) is 26.2. The Balaban J connectivity index is 1.21. The second-order valence-corrected chi connectivity index (χ2v) is 14.1. The average Bonchev–Trinajstić information content (AvgIpc) is 3.63. The number of amides is 3. The quantitative estimate of drug-likeness (QED) is 0.518. The highest BCUT2D eigenvalue weighted by atomic mass is 16.2. The Morgan fingerprint density at radius 2 is 1.68 bits per heavy atom. The molecule has 38 heavy (non-hydrogen) atoms. The molecule has 6 heteroatoms. The van der Waals surface area contributed by atoms with Gasteiger partial charge in [0.25, 0.3) is 0 Å². The molecular weight excluding hydrogens is 472 g/mol. The molecule has 6 rings (SSSR count). The van der Waals surface area contributed by atoms with Crippen molar-refractivity contribution in [1.29, 1.82) is 0 Å². The van der Waals surface area contributed by atoms with E-state index in [1.165, 1.54) is 31.2 Å². The smallest absolute Gasteiger partial charge is 0.320 e. The lowest BCUT2D eigenvalue weighted by molar-refractivity contribution is -0.140. The Morgan fingerprint density at radius 3 is 2.32 bits per heavy atom. The van der Waals surface area contributed by atoms with Gasteiger partial charge in [-0.15, -0.1) is 0 Å². The Morgan fingerprint density at radius 1 is 1.03 bits per heavy atom. The number of urea groups is 1. The minimum Gasteiger partial charge on any atom is -0.341 e. The van der Waals surface area contributed by atoms with Crippen molar-refractivity contribution >= 4 is 11.9 Å². The number of likely N-dealkylation sites (tertiary alicyclic amines) is 1. The highest BCUT2D eigenvalue weighted by Crippen LogP contribution is 2.48. The number of nitrogens with zero attached hydrogens (tertiary/aromatic N) is 4. The van der Waals surface area contributed by atoms with E-state index in [0.717, 1.165) is 58.4 Å². The second kappa shape index (κ2) is 9.83. The lowest BCUT2D eigenvalue weighted by atomic mass is 9.80. The highest BCUT2D eigenvalue weighted by Gasteiger charge is 2.57. The summed E-state index contributed by atoms with van der Waals surface area (Å²) >= 11 is 0. The van der Waals surface area contributed by atoms with E-state index in [4.69, 9.17) is 0 Å². The van der Waals surface area contributed by atoms with Crippen LogP contribution in [0.25, 0.3) is 0 Å². The number of carbonyl (C=O) groups is 2. The van der Waals surface area contributed by atoms with Gasteiger partial charge in [-0.05, 0) is 55.9 Å². The van der Waals surface area contributed by atoms with Crippen molar-refractivity contribution in [3.8, 4) is 0 Å². The zero-order chi connectivity index (χ0) is 26.7. The summed E-state index contributed by atoms with van der Waals surface area (Å²) in [6, 6.07) is 12.2. The lowest BCUT2D eigenvalue weighted by Gasteiger charge is -2.49. The van der Waals surface area contributed by atoms with E-state index in [-0.39, 0.29) is 17.0 Å². The van der Waals surface area contributed by atoms with Crippen molar-refractivity contribution in [3.05, 3.63) is 35.9 Å². The average molecular weight is 521 g/mol. The van der Waals surface area contributed by atoms with E-state index in [1.54, 1.807) is 0 Å². The Kier molecular flexibility index (Phi) is 6.77. The monoisotopic (exact) mass is 520 g/mol. The summed E-state index contributed by atoms with van der Waals surface area (Å²) in [6.07, 6.45) is 9.12. The molecule has 5 fully saturated rings. The molecule has 2 unspecified atom stereocenters. The number of likely N-dealkylation sites (N-methyl/N-ethyl adjacent to an activating group) is 1. The fourth-order valence-electron chi connectivity index (χ4n) is 9.02. The number of benzene rings is 1. The van der Waals surface area contributed by atoms with Gasteiger partial charge in [0.05, 0.1) is 5.54 Å².